The first-order valence-electron chi connectivity index (χ1n) is 7.36. The molecule has 2 aromatic carbocycles. The maximum atomic E-state index is 5.99. The Labute approximate surface area is 143 Å². The summed E-state index contributed by atoms with van der Waals surface area (Å²) in [6.07, 6.45) is 3.38. The van der Waals surface area contributed by atoms with Crippen LogP contribution in [-0.2, 0) is 0 Å². The number of nitrogens with one attached hydrogen (secondary N) is 2. The minimum Gasteiger partial charge on any atom is -0.456 e. The van der Waals surface area contributed by atoms with Crippen LogP contribution in [0.15, 0.2) is 67.0 Å². The van der Waals surface area contributed by atoms with Crippen molar-refractivity contribution in [2.45, 2.75) is 0 Å². The highest BCUT2D eigenvalue weighted by Crippen LogP contribution is 2.24. The van der Waals surface area contributed by atoms with Gasteiger partial charge in [-0.15, -0.1) is 0 Å². The molecule has 0 aliphatic carbocycles. The number of pyridine rings is 1. The summed E-state index contributed by atoms with van der Waals surface area (Å²) in [5.74, 6) is 2.10. The molecule has 2 heterocycles. The Bertz CT molecular complexity index is 967. The third kappa shape index (κ3) is 3.16. The van der Waals surface area contributed by atoms with E-state index in [0.29, 0.717) is 16.7 Å². The summed E-state index contributed by atoms with van der Waals surface area (Å²) >= 11 is 5.99. The van der Waals surface area contributed by atoms with Gasteiger partial charge in [0.05, 0.1) is 17.2 Å². The Kier molecular flexibility index (Phi) is 3.76. The third-order valence-electron chi connectivity index (χ3n) is 3.43. The number of anilines is 2. The molecular formula is C18H13ClN4O. The molecule has 0 amide bonds. The number of aromatic amines is 1. The van der Waals surface area contributed by atoms with Crippen LogP contribution in [0.2, 0.25) is 5.02 Å². The van der Waals surface area contributed by atoms with Crippen LogP contribution in [0.25, 0.3) is 11.0 Å². The molecule has 0 aliphatic rings. The molecule has 0 unspecified atom stereocenters. The number of aromatic nitrogens is 3. The molecule has 2 aromatic heterocycles. The Morgan fingerprint density at radius 2 is 1.88 bits per heavy atom. The Morgan fingerprint density at radius 1 is 1.00 bits per heavy atom. The van der Waals surface area contributed by atoms with Crippen molar-refractivity contribution in [1.82, 2.24) is 15.0 Å². The maximum absolute atomic E-state index is 5.99. The van der Waals surface area contributed by atoms with E-state index in [2.05, 4.69) is 20.3 Å². The standard InChI is InChI=1S/C18H13ClN4O/c19-12-3-8-16-17(10-12)23-18(22-16)21-13-4-6-14(7-5-13)24-15-2-1-9-20-11-15/h1-11H,(H2,21,22,23). The predicted octanol–water partition coefficient (Wildman–Crippen LogP) is 5.15. The van der Waals surface area contributed by atoms with E-state index < -0.39 is 0 Å². The number of hydrogen-bond acceptors (Lipinski definition) is 4. The Hall–Kier alpha value is -3.05. The topological polar surface area (TPSA) is 62.8 Å². The van der Waals surface area contributed by atoms with Gasteiger partial charge in [-0.2, -0.15) is 0 Å². The van der Waals surface area contributed by atoms with Crippen molar-refractivity contribution in [3.05, 3.63) is 72.0 Å². The van der Waals surface area contributed by atoms with Crippen molar-refractivity contribution in [2.24, 2.45) is 0 Å². The zero-order valence-electron chi connectivity index (χ0n) is 12.5. The van der Waals surface area contributed by atoms with Crippen molar-refractivity contribution in [2.75, 3.05) is 5.32 Å². The summed E-state index contributed by atoms with van der Waals surface area (Å²) in [5, 5.41) is 3.90. The summed E-state index contributed by atoms with van der Waals surface area (Å²) < 4.78 is 5.72. The minimum absolute atomic E-state index is 0.660. The van der Waals surface area contributed by atoms with Gasteiger partial charge in [-0.25, -0.2) is 4.98 Å². The fourth-order valence-corrected chi connectivity index (χ4v) is 2.50. The molecule has 4 rings (SSSR count). The van der Waals surface area contributed by atoms with Crippen LogP contribution < -0.4 is 10.1 Å². The zero-order chi connectivity index (χ0) is 16.4. The summed E-state index contributed by atoms with van der Waals surface area (Å²) in [6, 6.07) is 16.8. The van der Waals surface area contributed by atoms with Gasteiger partial charge in [-0.1, -0.05) is 11.6 Å². The van der Waals surface area contributed by atoms with Crippen LogP contribution in [0.5, 0.6) is 11.5 Å². The van der Waals surface area contributed by atoms with E-state index >= 15 is 0 Å². The van der Waals surface area contributed by atoms with Crippen LogP contribution in [-0.4, -0.2) is 15.0 Å². The minimum atomic E-state index is 0.660. The molecule has 0 saturated heterocycles. The predicted molar refractivity (Wildman–Crippen MR) is 95.1 cm³/mol. The molecule has 4 aromatic rings. The molecule has 0 saturated carbocycles. The van der Waals surface area contributed by atoms with E-state index in [-0.39, 0.29) is 0 Å². The quantitative estimate of drug-likeness (QED) is 0.541. The molecule has 0 spiro atoms. The molecule has 24 heavy (non-hydrogen) atoms. The summed E-state index contributed by atoms with van der Waals surface area (Å²) in [5.41, 5.74) is 2.65. The van der Waals surface area contributed by atoms with Crippen LogP contribution in [0.4, 0.5) is 11.6 Å². The van der Waals surface area contributed by atoms with Crippen molar-refractivity contribution in [3.63, 3.8) is 0 Å². The first kappa shape index (κ1) is 14.5. The molecule has 5 nitrogen and oxygen atoms in total. The van der Waals surface area contributed by atoms with Crippen molar-refractivity contribution in [3.8, 4) is 11.5 Å². The van der Waals surface area contributed by atoms with Crippen molar-refractivity contribution in [1.29, 1.82) is 0 Å². The maximum Gasteiger partial charge on any atom is 0.205 e. The second-order valence-electron chi connectivity index (χ2n) is 5.19. The number of ether oxygens (including phenoxy) is 1. The molecule has 0 atom stereocenters. The van der Waals surface area contributed by atoms with Gasteiger partial charge in [-0.05, 0) is 54.6 Å². The molecule has 0 fully saturated rings. The van der Waals surface area contributed by atoms with Gasteiger partial charge in [-0.3, -0.25) is 4.98 Å². The van der Waals surface area contributed by atoms with Crippen LogP contribution in [0.1, 0.15) is 0 Å². The average molecular weight is 337 g/mol. The molecule has 118 valence electrons. The largest absolute Gasteiger partial charge is 0.456 e. The Morgan fingerprint density at radius 3 is 2.67 bits per heavy atom. The average Bonchev–Trinajstić information content (AvgIpc) is 2.99. The number of hydrogen-bond donors (Lipinski definition) is 2. The highest BCUT2D eigenvalue weighted by Gasteiger charge is 2.04. The van der Waals surface area contributed by atoms with Crippen molar-refractivity contribution >= 4 is 34.3 Å². The number of rotatable bonds is 4. The van der Waals surface area contributed by atoms with E-state index in [0.717, 1.165) is 22.5 Å². The third-order valence-corrected chi connectivity index (χ3v) is 3.67. The normalized spacial score (nSPS) is 10.7. The second-order valence-corrected chi connectivity index (χ2v) is 5.62. The van der Waals surface area contributed by atoms with E-state index in [1.165, 1.54) is 0 Å². The fourth-order valence-electron chi connectivity index (χ4n) is 2.33. The van der Waals surface area contributed by atoms with Gasteiger partial charge >= 0.3 is 0 Å². The summed E-state index contributed by atoms with van der Waals surface area (Å²) in [6.45, 7) is 0. The van der Waals surface area contributed by atoms with Gasteiger partial charge in [0.15, 0.2) is 0 Å². The Balaban J connectivity index is 1.50. The number of nitrogens with zero attached hydrogens (tertiary/aromatic N) is 2. The fraction of sp³-hybridized carbons (Fsp3) is 0. The highest BCUT2D eigenvalue weighted by atomic mass is 35.5. The number of benzene rings is 2. The first-order chi connectivity index (χ1) is 11.8. The zero-order valence-corrected chi connectivity index (χ0v) is 13.3. The summed E-state index contributed by atoms with van der Waals surface area (Å²) in [7, 11) is 0. The monoisotopic (exact) mass is 336 g/mol. The van der Waals surface area contributed by atoms with Gasteiger partial charge in [0.1, 0.15) is 11.5 Å². The van der Waals surface area contributed by atoms with Crippen LogP contribution in [0, 0.1) is 0 Å². The van der Waals surface area contributed by atoms with Gasteiger partial charge in [0, 0.05) is 16.9 Å². The summed E-state index contributed by atoms with van der Waals surface area (Å²) in [4.78, 5) is 11.7. The van der Waals surface area contributed by atoms with Crippen LogP contribution in [0.3, 0.4) is 0 Å². The SMILES string of the molecule is Clc1ccc2nc(Nc3ccc(Oc4cccnc4)cc3)[nH]c2c1. The molecule has 2 N–H and O–H groups in total. The molecule has 0 bridgehead atoms. The van der Waals surface area contributed by atoms with E-state index in [1.807, 2.05) is 54.6 Å². The number of imidazole rings is 1. The highest BCUT2D eigenvalue weighted by molar-refractivity contribution is 6.31. The molecule has 6 heteroatoms. The lowest BCUT2D eigenvalue weighted by molar-refractivity contribution is 0.480. The number of H-pyrrole nitrogens is 1. The lowest BCUT2D eigenvalue weighted by Gasteiger charge is -2.06. The van der Waals surface area contributed by atoms with E-state index in [9.17, 15) is 0 Å². The van der Waals surface area contributed by atoms with Crippen LogP contribution >= 0.6 is 11.6 Å². The lowest BCUT2D eigenvalue weighted by Crippen LogP contribution is -1.92. The van der Waals surface area contributed by atoms with Gasteiger partial charge < -0.3 is 15.0 Å². The number of fused-ring (bicyclic) bond motifs is 1. The van der Waals surface area contributed by atoms with Gasteiger partial charge in [0.2, 0.25) is 5.95 Å². The van der Waals surface area contributed by atoms with Gasteiger partial charge in [0.25, 0.3) is 0 Å². The van der Waals surface area contributed by atoms with E-state index in [1.54, 1.807) is 12.4 Å². The molecule has 0 aliphatic heterocycles. The van der Waals surface area contributed by atoms with Crippen molar-refractivity contribution < 1.29 is 4.74 Å². The number of halogens is 1. The lowest BCUT2D eigenvalue weighted by atomic mass is 10.3. The first-order valence-corrected chi connectivity index (χ1v) is 7.74. The molecular weight excluding hydrogens is 324 g/mol. The van der Waals surface area contributed by atoms with E-state index in [4.69, 9.17) is 16.3 Å². The second kappa shape index (κ2) is 6.22. The smallest absolute Gasteiger partial charge is 0.205 e. The molecule has 0 radical (unpaired) electrons.